The predicted octanol–water partition coefficient (Wildman–Crippen LogP) is 20.7. The minimum atomic E-state index is -3.16. The number of methoxy groups -OCH3 is 3. The van der Waals surface area contributed by atoms with Gasteiger partial charge in [0.1, 0.15) is 29.3 Å². The summed E-state index contributed by atoms with van der Waals surface area (Å²) in [4.78, 5) is 21.5. The van der Waals surface area contributed by atoms with Crippen molar-refractivity contribution in [1.82, 2.24) is 57.9 Å². The standard InChI is InChI=1S/C15H20N2O2.C14H15N3O.C14H15N3S.C13H17N3O.C12H17NO2S.C11H16N2O2S.6CH4/c1-11(2)12-5-6-14(15(7-12)19-4)17-8-13(9-18-3)16-10-17;2*1-9(2)11-4-5-13(14-12(11)6-16-18-14)17-7-10(3)15-8-17;1-9(2)11-5-6-12(13(7-11)17-4)16-8-14-10(3)15-16;1-9(2)10-4-5-12-11(8-10)6-7-13(12)16(3,14)15;1-8(2)9-4-5-11-10(12-9)6-7-13(11)16(3,14)15;;;;;;/h5-8,10-11H,9H2,1-4H3;2*4-9H,1-3H3;5-9H,1-4H3;4-5,8-9H,6-7H2,1-3H3;4-5,8H,6-7H2,1-3H3;6*1H4. The van der Waals surface area contributed by atoms with E-state index in [2.05, 4.69) is 188 Å². The van der Waals surface area contributed by atoms with Crippen molar-refractivity contribution in [3.05, 3.63) is 215 Å². The highest BCUT2D eigenvalue weighted by molar-refractivity contribution is 7.92. The van der Waals surface area contributed by atoms with E-state index in [0.717, 1.165) is 103 Å². The maximum absolute atomic E-state index is 11.5. The van der Waals surface area contributed by atoms with Crippen LogP contribution in [-0.2, 0) is 44.2 Å². The lowest BCUT2D eigenvalue weighted by Gasteiger charge is -2.17. The molecule has 0 radical (unpaired) electrons. The molecule has 7 aromatic heterocycles. The fourth-order valence-electron chi connectivity index (χ4n) is 12.1. The lowest BCUT2D eigenvalue weighted by molar-refractivity contribution is 0.182. The quantitative estimate of drug-likeness (QED) is 0.0874. The zero-order valence-electron chi connectivity index (χ0n) is 63.6. The molecule has 5 aromatic carbocycles. The van der Waals surface area contributed by atoms with Crippen molar-refractivity contribution >= 4 is 64.0 Å². The second-order valence-corrected chi connectivity index (χ2v) is 32.4. The van der Waals surface area contributed by atoms with Crippen molar-refractivity contribution in [3.8, 4) is 34.2 Å². The Balaban J connectivity index is 0.000000339. The van der Waals surface area contributed by atoms with Gasteiger partial charge in [-0.25, -0.2) is 41.5 Å². The van der Waals surface area contributed by atoms with Crippen molar-refractivity contribution in [2.75, 3.05) is 55.5 Å². The van der Waals surface area contributed by atoms with Gasteiger partial charge in [0.05, 0.1) is 114 Å². The van der Waals surface area contributed by atoms with Crippen LogP contribution < -0.4 is 18.1 Å². The second-order valence-electron chi connectivity index (χ2n) is 27.8. The molecule has 2 aliphatic heterocycles. The Morgan fingerprint density at radius 3 is 1.48 bits per heavy atom. The number of hydrogen-bond donors (Lipinski definition) is 0. The predicted molar refractivity (Wildman–Crippen MR) is 458 cm³/mol. The monoisotopic (exact) mass is 1560 g/mol. The molecule has 0 atom stereocenters. The van der Waals surface area contributed by atoms with Crippen LogP contribution in [0.2, 0.25) is 0 Å². The Kier molecular flexibility index (Phi) is 35.7. The summed E-state index contributed by atoms with van der Waals surface area (Å²) in [5.74, 6) is 5.21. The molecule has 0 bridgehead atoms. The summed E-state index contributed by atoms with van der Waals surface area (Å²) < 4.78 is 83.7. The molecule has 110 heavy (non-hydrogen) atoms. The number of sulfonamides is 2. The van der Waals surface area contributed by atoms with Crippen LogP contribution in [0.1, 0.15) is 231 Å². The third kappa shape index (κ3) is 23.0. The number of aryl methyl sites for hydroxylation is 3. The fraction of sp³-hybridized carbons (Fsp3) is 0.435. The number of pyridine rings is 1. The smallest absolute Gasteiger partial charge is 0.232 e. The van der Waals surface area contributed by atoms with E-state index in [1.54, 1.807) is 62.7 Å². The van der Waals surface area contributed by atoms with E-state index in [0.29, 0.717) is 61.6 Å². The lowest BCUT2D eigenvalue weighted by atomic mass is 9.99. The van der Waals surface area contributed by atoms with E-state index in [1.165, 1.54) is 59.0 Å². The largest absolute Gasteiger partial charge is 0.495 e. The van der Waals surface area contributed by atoms with Gasteiger partial charge >= 0.3 is 0 Å². The van der Waals surface area contributed by atoms with Gasteiger partial charge in [-0.3, -0.25) is 13.6 Å². The highest BCUT2D eigenvalue weighted by Gasteiger charge is 2.29. The van der Waals surface area contributed by atoms with E-state index >= 15 is 0 Å². The number of rotatable bonds is 16. The molecule has 0 spiro atoms. The van der Waals surface area contributed by atoms with E-state index in [-0.39, 0.29) is 44.6 Å². The summed E-state index contributed by atoms with van der Waals surface area (Å²) in [6, 6.07) is 30.8. The Bertz CT molecular complexity index is 4880. The highest BCUT2D eigenvalue weighted by atomic mass is 32.2. The van der Waals surface area contributed by atoms with Gasteiger partial charge < -0.3 is 32.4 Å². The average molecular weight is 1570 g/mol. The molecule has 0 amide bonds. The first-order valence-corrected chi connectivity index (χ1v) is 39.5. The molecule has 14 rings (SSSR count). The normalized spacial score (nSPS) is 11.9. The van der Waals surface area contributed by atoms with Crippen molar-refractivity contribution in [2.45, 2.75) is 203 Å². The molecular formula is C85H124N14O8S3. The first kappa shape index (κ1) is 94.6. The van der Waals surface area contributed by atoms with Gasteiger partial charge in [-0.05, 0) is 162 Å². The van der Waals surface area contributed by atoms with Crippen molar-refractivity contribution in [3.63, 3.8) is 0 Å². The summed E-state index contributed by atoms with van der Waals surface area (Å²) in [5.41, 5.74) is 18.8. The SMILES string of the molecule is C.C.C.C.C.C.CC(C)c1ccc2c(c1)CCN2S(C)(=O)=O.CC(C)c1ccc2c(n1)CCN2S(C)(=O)=O.COCc1cn(-c2ccc(C(C)C)cc2OC)cn1.COc1cc(C(C)C)ccc1-n1cnc(C)n1.Cc1cn(-c2ccc(C(C)C)c3cnoc23)cn1.Cc1cn(-c2ccc(C(C)C)c3cnsc23)cn1. The Labute approximate surface area is 661 Å². The topological polar surface area (TPSA) is 238 Å². The van der Waals surface area contributed by atoms with Crippen molar-refractivity contribution in [2.24, 2.45) is 0 Å². The highest BCUT2D eigenvalue weighted by Crippen LogP contribution is 2.37. The van der Waals surface area contributed by atoms with Gasteiger partial charge in [-0.15, -0.1) is 0 Å². The maximum atomic E-state index is 11.5. The number of imidazole rings is 3. The Morgan fingerprint density at radius 2 is 0.973 bits per heavy atom. The lowest BCUT2D eigenvalue weighted by Crippen LogP contribution is -2.27. The third-order valence-electron chi connectivity index (χ3n) is 17.9. The number of ether oxygens (including phenoxy) is 3. The molecule has 0 unspecified atom stereocenters. The number of hydrogen-bond acceptors (Lipinski definition) is 17. The summed E-state index contributed by atoms with van der Waals surface area (Å²) in [6.45, 7) is 33.3. The summed E-state index contributed by atoms with van der Waals surface area (Å²) >= 11 is 1.55. The molecule has 0 N–H and O–H groups in total. The van der Waals surface area contributed by atoms with Gasteiger partial charge in [0.25, 0.3) is 0 Å². The van der Waals surface area contributed by atoms with Crippen molar-refractivity contribution < 1.29 is 35.6 Å². The van der Waals surface area contributed by atoms with E-state index in [4.69, 9.17) is 18.7 Å². The minimum absolute atomic E-state index is 0. The van der Waals surface area contributed by atoms with Crippen LogP contribution in [0.3, 0.4) is 0 Å². The number of nitrogens with zero attached hydrogens (tertiary/aromatic N) is 14. The van der Waals surface area contributed by atoms with E-state index in [1.807, 2.05) is 91.4 Å². The van der Waals surface area contributed by atoms with E-state index in [9.17, 15) is 16.8 Å². The molecule has 0 saturated heterocycles. The first-order chi connectivity index (χ1) is 49.4. The van der Waals surface area contributed by atoms with Gasteiger partial charge in [-0.1, -0.05) is 169 Å². The Hall–Kier alpha value is -9.56. The molecule has 0 fully saturated rings. The van der Waals surface area contributed by atoms with Crippen LogP contribution >= 0.6 is 11.5 Å². The molecule has 0 aliphatic carbocycles. The zero-order chi connectivity index (χ0) is 75.5. The summed E-state index contributed by atoms with van der Waals surface area (Å²) in [6.07, 6.45) is 20.9. The molecule has 25 heteroatoms. The number of fused-ring (bicyclic) bond motifs is 4. The molecular weight excluding hydrogens is 1440 g/mol. The van der Waals surface area contributed by atoms with Gasteiger partial charge in [-0.2, -0.15) is 9.47 Å². The van der Waals surface area contributed by atoms with Crippen LogP contribution in [-0.4, -0.2) is 122 Å². The fourth-order valence-corrected chi connectivity index (χ4v) is 14.9. The minimum Gasteiger partial charge on any atom is -0.495 e. The molecule has 2 aliphatic rings. The van der Waals surface area contributed by atoms with Crippen LogP contribution in [0.4, 0.5) is 11.4 Å². The first-order valence-electron chi connectivity index (χ1n) is 35.0. The summed E-state index contributed by atoms with van der Waals surface area (Å²) in [5, 5.41) is 10.6. The third-order valence-corrected chi connectivity index (χ3v) is 21.1. The zero-order valence-corrected chi connectivity index (χ0v) is 66.1. The van der Waals surface area contributed by atoms with Crippen LogP contribution in [0.25, 0.3) is 43.8 Å². The molecule has 600 valence electrons. The number of aromatic nitrogens is 12. The molecule has 0 saturated carbocycles. The molecule has 12 aromatic rings. The van der Waals surface area contributed by atoms with Crippen molar-refractivity contribution in [1.29, 1.82) is 0 Å². The summed E-state index contributed by atoms with van der Waals surface area (Å²) in [7, 11) is -1.24. The molecule has 9 heterocycles. The van der Waals surface area contributed by atoms with Crippen LogP contribution in [0.5, 0.6) is 11.5 Å². The molecule has 22 nitrogen and oxygen atoms in total. The van der Waals surface area contributed by atoms with E-state index < -0.39 is 20.0 Å². The van der Waals surface area contributed by atoms with Gasteiger partial charge in [0, 0.05) is 67.9 Å². The number of benzene rings is 5. The Morgan fingerprint density at radius 1 is 0.491 bits per heavy atom. The average Bonchev–Trinajstić information content (AvgIpc) is 1.67. The van der Waals surface area contributed by atoms with Gasteiger partial charge in [0.2, 0.25) is 20.0 Å². The van der Waals surface area contributed by atoms with Gasteiger partial charge in [0.15, 0.2) is 5.58 Å². The van der Waals surface area contributed by atoms with Crippen LogP contribution in [0.15, 0.2) is 152 Å². The number of anilines is 2. The maximum Gasteiger partial charge on any atom is 0.232 e. The second kappa shape index (κ2) is 41.5. The van der Waals surface area contributed by atoms with Crippen LogP contribution in [0, 0.1) is 20.8 Å².